The van der Waals surface area contributed by atoms with Gasteiger partial charge in [0.2, 0.25) is 0 Å². The summed E-state index contributed by atoms with van der Waals surface area (Å²) in [5.41, 5.74) is 3.14. The Morgan fingerprint density at radius 2 is 1.93 bits per heavy atom. The first-order chi connectivity index (χ1) is 13.4. The molecule has 3 heterocycles. The number of aromatic amines is 1. The maximum atomic E-state index is 12.7. The van der Waals surface area contributed by atoms with E-state index in [0.717, 1.165) is 21.6 Å². The van der Waals surface area contributed by atoms with Crippen molar-refractivity contribution in [1.82, 2.24) is 9.97 Å². The van der Waals surface area contributed by atoms with Crippen LogP contribution in [0.15, 0.2) is 45.9 Å². The number of aromatic nitrogens is 2. The number of carbonyl (C=O) groups excluding carboxylic acids is 1. The third-order valence-electron chi connectivity index (χ3n) is 4.38. The number of hydrogen-bond acceptors (Lipinski definition) is 6. The lowest BCUT2D eigenvalue weighted by molar-refractivity contribution is 0.0320. The zero-order valence-electron chi connectivity index (χ0n) is 15.6. The number of rotatable bonds is 4. The van der Waals surface area contributed by atoms with E-state index >= 15 is 0 Å². The Balaban J connectivity index is 1.64. The lowest BCUT2D eigenvalue weighted by atomic mass is 10.1. The van der Waals surface area contributed by atoms with Crippen LogP contribution in [0.1, 0.15) is 40.3 Å². The number of aryl methyl sites for hydroxylation is 2. The molecule has 0 saturated heterocycles. The van der Waals surface area contributed by atoms with E-state index in [2.05, 4.69) is 9.97 Å². The molecule has 4 aromatic rings. The maximum absolute atomic E-state index is 12.7. The van der Waals surface area contributed by atoms with Crippen molar-refractivity contribution >= 4 is 38.9 Å². The first kappa shape index (κ1) is 18.6. The topological polar surface area (TPSA) is 72.0 Å². The van der Waals surface area contributed by atoms with Crippen molar-refractivity contribution in [1.29, 1.82) is 0 Å². The van der Waals surface area contributed by atoms with Crippen molar-refractivity contribution in [2.45, 2.75) is 26.9 Å². The van der Waals surface area contributed by atoms with Crippen LogP contribution in [0, 0.1) is 13.8 Å². The van der Waals surface area contributed by atoms with Crippen molar-refractivity contribution in [3.05, 3.63) is 74.0 Å². The minimum atomic E-state index is -0.669. The zero-order chi connectivity index (χ0) is 19.8. The Morgan fingerprint density at radius 3 is 2.61 bits per heavy atom. The number of thiophene rings is 2. The number of ether oxygens (including phenoxy) is 1. The molecule has 0 aliphatic rings. The van der Waals surface area contributed by atoms with Crippen LogP contribution in [0.5, 0.6) is 0 Å². The molecule has 0 fully saturated rings. The molecule has 0 unspecified atom stereocenters. The van der Waals surface area contributed by atoms with Crippen LogP contribution in [0.25, 0.3) is 20.7 Å². The molecule has 0 amide bonds. The van der Waals surface area contributed by atoms with E-state index in [1.165, 1.54) is 11.3 Å². The third kappa shape index (κ3) is 3.50. The second-order valence-electron chi connectivity index (χ2n) is 6.68. The molecule has 1 aromatic carbocycles. The lowest BCUT2D eigenvalue weighted by Gasteiger charge is -2.13. The molecule has 0 saturated carbocycles. The Kier molecular flexibility index (Phi) is 4.87. The van der Waals surface area contributed by atoms with E-state index < -0.39 is 12.1 Å². The van der Waals surface area contributed by atoms with Gasteiger partial charge in [0.25, 0.3) is 5.56 Å². The average molecular weight is 411 g/mol. The highest BCUT2D eigenvalue weighted by atomic mass is 32.1. The predicted molar refractivity (Wildman–Crippen MR) is 113 cm³/mol. The summed E-state index contributed by atoms with van der Waals surface area (Å²) < 4.78 is 5.55. The predicted octanol–water partition coefficient (Wildman–Crippen LogP) is 5.25. The second kappa shape index (κ2) is 7.33. The van der Waals surface area contributed by atoms with E-state index in [1.54, 1.807) is 30.4 Å². The second-order valence-corrected chi connectivity index (χ2v) is 8.49. The largest absolute Gasteiger partial charge is 0.451 e. The molecule has 7 heteroatoms. The van der Waals surface area contributed by atoms with Gasteiger partial charge < -0.3 is 9.72 Å². The fourth-order valence-electron chi connectivity index (χ4n) is 3.15. The summed E-state index contributed by atoms with van der Waals surface area (Å²) in [6.07, 6.45) is -0.669. The molecule has 0 aliphatic heterocycles. The van der Waals surface area contributed by atoms with Crippen molar-refractivity contribution in [3.63, 3.8) is 0 Å². The van der Waals surface area contributed by atoms with Crippen LogP contribution >= 0.6 is 22.7 Å². The normalized spacial score (nSPS) is 12.2. The number of carbonyl (C=O) groups is 1. The summed E-state index contributed by atoms with van der Waals surface area (Å²) in [4.78, 5) is 34.2. The highest BCUT2D eigenvalue weighted by Gasteiger charge is 2.19. The summed E-state index contributed by atoms with van der Waals surface area (Å²) in [7, 11) is 0. The molecule has 142 valence electrons. The summed E-state index contributed by atoms with van der Waals surface area (Å²) in [6.45, 7) is 5.57. The van der Waals surface area contributed by atoms with E-state index in [1.807, 2.05) is 42.8 Å². The number of fused-ring (bicyclic) bond motifs is 1. The SMILES string of the molecule is Cc1cc(C)cc(C(=O)O[C@@H](C)c2nc3scc(-c4cccs4)c3c(=O)[nH]2)c1. The Morgan fingerprint density at radius 1 is 1.18 bits per heavy atom. The molecule has 0 radical (unpaired) electrons. The molecular weight excluding hydrogens is 392 g/mol. The summed E-state index contributed by atoms with van der Waals surface area (Å²) in [6, 6.07) is 9.50. The van der Waals surface area contributed by atoms with E-state index in [4.69, 9.17) is 4.74 Å². The molecule has 5 nitrogen and oxygen atoms in total. The number of nitrogens with one attached hydrogen (secondary N) is 1. The Labute approximate surface area is 169 Å². The molecule has 0 aliphatic carbocycles. The number of hydrogen-bond donors (Lipinski definition) is 1. The highest BCUT2D eigenvalue weighted by molar-refractivity contribution is 7.18. The minimum Gasteiger partial charge on any atom is -0.451 e. The van der Waals surface area contributed by atoms with Crippen LogP contribution in [0.2, 0.25) is 0 Å². The van der Waals surface area contributed by atoms with Crippen LogP contribution < -0.4 is 5.56 Å². The zero-order valence-corrected chi connectivity index (χ0v) is 17.2. The van der Waals surface area contributed by atoms with Gasteiger partial charge in [0, 0.05) is 15.8 Å². The van der Waals surface area contributed by atoms with Crippen molar-refractivity contribution in [3.8, 4) is 10.4 Å². The monoisotopic (exact) mass is 410 g/mol. The summed E-state index contributed by atoms with van der Waals surface area (Å²) >= 11 is 2.99. The average Bonchev–Trinajstić information content (AvgIpc) is 3.30. The van der Waals surface area contributed by atoms with Gasteiger partial charge in [0.05, 0.1) is 10.9 Å². The van der Waals surface area contributed by atoms with Gasteiger partial charge in [-0.2, -0.15) is 0 Å². The maximum Gasteiger partial charge on any atom is 0.338 e. The van der Waals surface area contributed by atoms with Crippen LogP contribution in [-0.2, 0) is 4.74 Å². The number of H-pyrrole nitrogens is 1. The van der Waals surface area contributed by atoms with Gasteiger partial charge in [0.15, 0.2) is 11.9 Å². The van der Waals surface area contributed by atoms with Gasteiger partial charge >= 0.3 is 5.97 Å². The fourth-order valence-corrected chi connectivity index (χ4v) is 4.92. The van der Waals surface area contributed by atoms with Gasteiger partial charge in [-0.15, -0.1) is 22.7 Å². The molecule has 28 heavy (non-hydrogen) atoms. The molecule has 0 bridgehead atoms. The van der Waals surface area contributed by atoms with Gasteiger partial charge in [-0.3, -0.25) is 4.79 Å². The smallest absolute Gasteiger partial charge is 0.338 e. The standard InChI is InChI=1S/C21H18N2O3S2/c1-11-7-12(2)9-14(8-11)21(25)26-13(3)18-22-19(24)17-15(10-28-20(17)23-18)16-5-4-6-27-16/h4-10,13H,1-3H3,(H,22,23,24)/t13-/m0/s1. The van der Waals surface area contributed by atoms with Crippen LogP contribution in [0.4, 0.5) is 0 Å². The third-order valence-corrected chi connectivity index (χ3v) is 6.15. The molecule has 1 atom stereocenters. The van der Waals surface area contributed by atoms with Gasteiger partial charge in [-0.1, -0.05) is 23.3 Å². The molecule has 0 spiro atoms. The Bertz CT molecular complexity index is 1200. The fraction of sp³-hybridized carbons (Fsp3) is 0.190. The van der Waals surface area contributed by atoms with Crippen molar-refractivity contribution in [2.75, 3.05) is 0 Å². The first-order valence-corrected chi connectivity index (χ1v) is 10.5. The molecule has 3 aromatic heterocycles. The first-order valence-electron chi connectivity index (χ1n) is 8.77. The van der Waals surface area contributed by atoms with Gasteiger partial charge in [0.1, 0.15) is 4.83 Å². The van der Waals surface area contributed by atoms with E-state index in [-0.39, 0.29) is 5.56 Å². The van der Waals surface area contributed by atoms with Crippen LogP contribution in [-0.4, -0.2) is 15.9 Å². The summed E-state index contributed by atoms with van der Waals surface area (Å²) in [5.74, 6) is -0.0951. The van der Waals surface area contributed by atoms with Crippen molar-refractivity contribution in [2.24, 2.45) is 0 Å². The summed E-state index contributed by atoms with van der Waals surface area (Å²) in [5, 5.41) is 4.49. The van der Waals surface area contributed by atoms with Crippen LogP contribution in [0.3, 0.4) is 0 Å². The van der Waals surface area contributed by atoms with E-state index in [0.29, 0.717) is 21.6 Å². The Hall–Kier alpha value is -2.77. The molecule has 4 rings (SSSR count). The van der Waals surface area contributed by atoms with Crippen molar-refractivity contribution < 1.29 is 9.53 Å². The lowest BCUT2D eigenvalue weighted by Crippen LogP contribution is -2.17. The highest BCUT2D eigenvalue weighted by Crippen LogP contribution is 2.33. The quantitative estimate of drug-likeness (QED) is 0.467. The van der Waals surface area contributed by atoms with Gasteiger partial charge in [-0.05, 0) is 44.4 Å². The number of nitrogens with zero attached hydrogens (tertiary/aromatic N) is 1. The van der Waals surface area contributed by atoms with E-state index in [9.17, 15) is 9.59 Å². The number of benzene rings is 1. The molecular formula is C21H18N2O3S2. The molecule has 1 N–H and O–H groups in total. The number of esters is 1. The minimum absolute atomic E-state index is 0.223. The van der Waals surface area contributed by atoms with Gasteiger partial charge in [-0.25, -0.2) is 9.78 Å².